The summed E-state index contributed by atoms with van der Waals surface area (Å²) < 4.78 is 0. The van der Waals surface area contributed by atoms with E-state index in [2.05, 4.69) is 10.3 Å². The summed E-state index contributed by atoms with van der Waals surface area (Å²) in [5.41, 5.74) is 0. The molecule has 1 aliphatic carbocycles. The Balaban J connectivity index is 2.07. The molecule has 4 heteroatoms. The number of anilines is 1. The summed E-state index contributed by atoms with van der Waals surface area (Å²) in [6.07, 6.45) is 6.26. The number of hydrogen-bond acceptors (Lipinski definition) is 3. The maximum absolute atomic E-state index is 10.1. The molecule has 1 heterocycles. The van der Waals surface area contributed by atoms with Gasteiger partial charge in [-0.25, -0.2) is 4.98 Å². The van der Waals surface area contributed by atoms with Crippen molar-refractivity contribution in [2.45, 2.75) is 25.2 Å². The molecule has 0 atom stereocenters. The Kier molecular flexibility index (Phi) is 2.08. The highest BCUT2D eigenvalue weighted by atomic mass is 32.1. The lowest BCUT2D eigenvalue weighted by atomic mass is 9.86. The molecule has 1 N–H and O–H groups in total. The number of nitrogens with one attached hydrogen (secondary N) is 1. The second kappa shape index (κ2) is 3.23. The lowest BCUT2D eigenvalue weighted by molar-refractivity contribution is -0.105. The van der Waals surface area contributed by atoms with Crippen molar-refractivity contribution in [3.8, 4) is 0 Å². The fourth-order valence-electron chi connectivity index (χ4n) is 1.26. The molecule has 0 aromatic carbocycles. The molecule has 3 nitrogen and oxygen atoms in total. The summed E-state index contributed by atoms with van der Waals surface area (Å²) in [4.78, 5) is 14.4. The van der Waals surface area contributed by atoms with Crippen molar-refractivity contribution in [3.63, 3.8) is 0 Å². The van der Waals surface area contributed by atoms with Crippen molar-refractivity contribution < 1.29 is 4.79 Å². The smallest absolute Gasteiger partial charge is 0.212 e. The molecular formula is C8H10N2OS. The van der Waals surface area contributed by atoms with Gasteiger partial charge in [0.1, 0.15) is 5.00 Å². The predicted octanol–water partition coefficient (Wildman–Crippen LogP) is 1.98. The second-order valence-electron chi connectivity index (χ2n) is 2.95. The molecule has 1 fully saturated rings. The summed E-state index contributed by atoms with van der Waals surface area (Å²) >= 11 is 1.59. The minimum Gasteiger partial charge on any atom is -0.319 e. The average molecular weight is 182 g/mol. The SMILES string of the molecule is O=CNc1cnc(C2CCC2)s1. The van der Waals surface area contributed by atoms with Gasteiger partial charge in [-0.1, -0.05) is 6.42 Å². The number of rotatable bonds is 3. The number of carbonyl (C=O) groups is 1. The third kappa shape index (κ3) is 1.34. The minimum atomic E-state index is 0.664. The molecule has 0 saturated heterocycles. The summed E-state index contributed by atoms with van der Waals surface area (Å²) in [6, 6.07) is 0. The van der Waals surface area contributed by atoms with Crippen LogP contribution >= 0.6 is 11.3 Å². The molecule has 1 saturated carbocycles. The summed E-state index contributed by atoms with van der Waals surface area (Å²) in [6.45, 7) is 0. The van der Waals surface area contributed by atoms with Crippen LogP contribution in [-0.4, -0.2) is 11.4 Å². The van der Waals surface area contributed by atoms with Crippen LogP contribution in [0.1, 0.15) is 30.2 Å². The number of aromatic nitrogens is 1. The predicted molar refractivity (Wildman–Crippen MR) is 48.4 cm³/mol. The number of amides is 1. The van der Waals surface area contributed by atoms with Crippen LogP contribution < -0.4 is 5.32 Å². The Labute approximate surface area is 74.8 Å². The second-order valence-corrected chi connectivity index (χ2v) is 4.01. The third-order valence-corrected chi connectivity index (χ3v) is 3.27. The van der Waals surface area contributed by atoms with Gasteiger partial charge in [-0.05, 0) is 12.8 Å². The van der Waals surface area contributed by atoms with E-state index in [0.717, 1.165) is 5.00 Å². The van der Waals surface area contributed by atoms with E-state index in [-0.39, 0.29) is 0 Å². The van der Waals surface area contributed by atoms with Gasteiger partial charge in [-0.3, -0.25) is 4.79 Å². The van der Waals surface area contributed by atoms with E-state index >= 15 is 0 Å². The Morgan fingerprint density at radius 3 is 3.08 bits per heavy atom. The Hall–Kier alpha value is -0.900. The fraction of sp³-hybridized carbons (Fsp3) is 0.500. The topological polar surface area (TPSA) is 42.0 Å². The van der Waals surface area contributed by atoms with Crippen LogP contribution in [0.15, 0.2) is 6.20 Å². The lowest BCUT2D eigenvalue weighted by Gasteiger charge is -2.22. The van der Waals surface area contributed by atoms with Crippen molar-refractivity contribution in [1.29, 1.82) is 0 Å². The summed E-state index contributed by atoms with van der Waals surface area (Å²) in [5.74, 6) is 0.664. The summed E-state index contributed by atoms with van der Waals surface area (Å²) in [7, 11) is 0. The Morgan fingerprint density at radius 2 is 2.50 bits per heavy atom. The minimum absolute atomic E-state index is 0.664. The molecule has 0 spiro atoms. The van der Waals surface area contributed by atoms with Gasteiger partial charge < -0.3 is 5.32 Å². The molecule has 1 aromatic rings. The molecule has 12 heavy (non-hydrogen) atoms. The van der Waals surface area contributed by atoms with Gasteiger partial charge in [0, 0.05) is 5.92 Å². The maximum atomic E-state index is 10.1. The highest BCUT2D eigenvalue weighted by molar-refractivity contribution is 7.15. The van der Waals surface area contributed by atoms with Gasteiger partial charge in [0.05, 0.1) is 11.2 Å². The molecule has 0 bridgehead atoms. The molecule has 2 rings (SSSR count). The van der Waals surface area contributed by atoms with Gasteiger partial charge in [0.15, 0.2) is 0 Å². The van der Waals surface area contributed by atoms with Gasteiger partial charge in [-0.15, -0.1) is 11.3 Å². The van der Waals surface area contributed by atoms with Crippen molar-refractivity contribution >= 4 is 22.7 Å². The number of carbonyl (C=O) groups excluding carboxylic acids is 1. The van der Waals surface area contributed by atoms with Crippen LogP contribution in [0.25, 0.3) is 0 Å². The third-order valence-electron chi connectivity index (χ3n) is 2.18. The first-order valence-corrected chi connectivity index (χ1v) is 4.87. The Bertz CT molecular complexity index is 280. The highest BCUT2D eigenvalue weighted by Crippen LogP contribution is 2.39. The van der Waals surface area contributed by atoms with E-state index in [1.54, 1.807) is 17.5 Å². The van der Waals surface area contributed by atoms with E-state index in [9.17, 15) is 4.79 Å². The molecule has 0 unspecified atom stereocenters. The number of nitrogens with zero attached hydrogens (tertiary/aromatic N) is 1. The fourth-order valence-corrected chi connectivity index (χ4v) is 2.20. The standard InChI is InChI=1S/C8H10N2OS/c11-5-10-7-4-9-8(12-7)6-2-1-3-6/h4-6H,1-3H2,(H,10,11). The highest BCUT2D eigenvalue weighted by Gasteiger charge is 2.22. The van der Waals surface area contributed by atoms with Crippen LogP contribution in [0.3, 0.4) is 0 Å². The van der Waals surface area contributed by atoms with E-state index < -0.39 is 0 Å². The van der Waals surface area contributed by atoms with Crippen LogP contribution in [0.4, 0.5) is 5.00 Å². The molecule has 1 aliphatic rings. The monoisotopic (exact) mass is 182 g/mol. The van der Waals surface area contributed by atoms with Gasteiger partial charge in [0.25, 0.3) is 0 Å². The van der Waals surface area contributed by atoms with Gasteiger partial charge in [-0.2, -0.15) is 0 Å². The molecule has 1 aromatic heterocycles. The zero-order valence-corrected chi connectivity index (χ0v) is 7.43. The zero-order chi connectivity index (χ0) is 8.39. The van der Waals surface area contributed by atoms with Crippen molar-refractivity contribution in [1.82, 2.24) is 4.98 Å². The number of thiazole rings is 1. The first-order chi connectivity index (χ1) is 5.90. The van der Waals surface area contributed by atoms with Crippen LogP contribution in [0.5, 0.6) is 0 Å². The maximum Gasteiger partial charge on any atom is 0.212 e. The molecule has 0 radical (unpaired) electrons. The van der Waals surface area contributed by atoms with Crippen molar-refractivity contribution in [3.05, 3.63) is 11.2 Å². The zero-order valence-electron chi connectivity index (χ0n) is 6.62. The quantitative estimate of drug-likeness (QED) is 0.726. The lowest BCUT2D eigenvalue weighted by Crippen LogP contribution is -2.07. The van der Waals surface area contributed by atoms with Crippen LogP contribution in [-0.2, 0) is 4.79 Å². The first-order valence-electron chi connectivity index (χ1n) is 4.06. The van der Waals surface area contributed by atoms with Crippen molar-refractivity contribution in [2.75, 3.05) is 5.32 Å². The van der Waals surface area contributed by atoms with Gasteiger partial charge in [0.2, 0.25) is 6.41 Å². The van der Waals surface area contributed by atoms with Crippen molar-refractivity contribution in [2.24, 2.45) is 0 Å². The summed E-state index contributed by atoms with van der Waals surface area (Å²) in [5, 5.41) is 4.63. The molecular weight excluding hydrogens is 172 g/mol. The van der Waals surface area contributed by atoms with E-state index in [0.29, 0.717) is 12.3 Å². The molecule has 64 valence electrons. The normalized spacial score (nSPS) is 17.0. The number of hydrogen-bond donors (Lipinski definition) is 1. The molecule has 1 amide bonds. The van der Waals surface area contributed by atoms with Gasteiger partial charge >= 0.3 is 0 Å². The van der Waals surface area contributed by atoms with E-state index in [1.807, 2.05) is 0 Å². The van der Waals surface area contributed by atoms with Crippen LogP contribution in [0, 0.1) is 0 Å². The Morgan fingerprint density at radius 1 is 1.67 bits per heavy atom. The molecule has 0 aliphatic heterocycles. The van der Waals surface area contributed by atoms with E-state index in [4.69, 9.17) is 0 Å². The largest absolute Gasteiger partial charge is 0.319 e. The first kappa shape index (κ1) is 7.73. The van der Waals surface area contributed by atoms with Crippen LogP contribution in [0.2, 0.25) is 0 Å². The average Bonchev–Trinajstić information content (AvgIpc) is 2.34. The van der Waals surface area contributed by atoms with E-state index in [1.165, 1.54) is 24.3 Å².